The predicted molar refractivity (Wildman–Crippen MR) is 177 cm³/mol. The molecule has 0 aliphatic carbocycles. The summed E-state index contributed by atoms with van der Waals surface area (Å²) >= 11 is 0. The minimum absolute atomic E-state index is 0.00702. The van der Waals surface area contributed by atoms with Gasteiger partial charge in [-0.25, -0.2) is 8.42 Å². The van der Waals surface area contributed by atoms with E-state index in [1.807, 2.05) is 85.8 Å². The van der Waals surface area contributed by atoms with Crippen LogP contribution in [0.5, 0.6) is 11.5 Å². The van der Waals surface area contributed by atoms with E-state index in [-0.39, 0.29) is 16.4 Å². The molecule has 45 heavy (non-hydrogen) atoms. The number of benzene rings is 5. The van der Waals surface area contributed by atoms with E-state index in [1.165, 1.54) is 6.07 Å². The third-order valence-electron chi connectivity index (χ3n) is 7.84. The molecule has 1 aliphatic heterocycles. The first-order valence-corrected chi connectivity index (χ1v) is 15.9. The van der Waals surface area contributed by atoms with E-state index in [4.69, 9.17) is 9.47 Å². The Morgan fingerprint density at radius 2 is 1.38 bits per heavy atom. The highest BCUT2D eigenvalue weighted by Gasteiger charge is 2.40. The molecule has 1 N–H and O–H groups in total. The maximum Gasteiger partial charge on any atom is 0.262 e. The summed E-state index contributed by atoms with van der Waals surface area (Å²) in [7, 11) is -0.794. The van der Waals surface area contributed by atoms with Crippen LogP contribution in [0.4, 0.5) is 17.1 Å². The fourth-order valence-corrected chi connectivity index (χ4v) is 6.59. The number of aryl methyl sites for hydroxylation is 1. The lowest BCUT2D eigenvalue weighted by Crippen LogP contribution is -2.49. The number of fused-ring (bicyclic) bond motifs is 1. The van der Waals surface area contributed by atoms with E-state index in [2.05, 4.69) is 9.62 Å². The standard InChI is InChI=1S/C36H33N3O5S/c1-25-9-13-28(14-10-25)37-45(41,42)32-21-22-34-33(23-32)36(40)39(29-15-19-31(44-3)20-16-29)35(27-11-17-30(43-2)18-12-27)38(34)24-26-7-5-4-6-8-26/h4-23,35,37H,24H2,1-3H3/t35-/m0/s1. The van der Waals surface area contributed by atoms with Crippen LogP contribution in [0.15, 0.2) is 126 Å². The Balaban J connectivity index is 1.51. The first kappa shape index (κ1) is 29.8. The van der Waals surface area contributed by atoms with E-state index in [9.17, 15) is 13.2 Å². The predicted octanol–water partition coefficient (Wildman–Crippen LogP) is 7.18. The summed E-state index contributed by atoms with van der Waals surface area (Å²) < 4.78 is 40.5. The van der Waals surface area contributed by atoms with Gasteiger partial charge >= 0.3 is 0 Å². The molecule has 8 nitrogen and oxygen atoms in total. The van der Waals surface area contributed by atoms with Gasteiger partial charge in [0.15, 0.2) is 0 Å². The number of carbonyl (C=O) groups excluding carboxylic acids is 1. The average Bonchev–Trinajstić information content (AvgIpc) is 3.07. The smallest absolute Gasteiger partial charge is 0.262 e. The number of hydrogen-bond donors (Lipinski definition) is 1. The molecule has 0 saturated heterocycles. The third-order valence-corrected chi connectivity index (χ3v) is 9.22. The number of nitrogens with one attached hydrogen (secondary N) is 1. The minimum atomic E-state index is -3.99. The van der Waals surface area contributed by atoms with Gasteiger partial charge in [0.25, 0.3) is 15.9 Å². The van der Waals surface area contributed by atoms with Crippen LogP contribution in [0.2, 0.25) is 0 Å². The fraction of sp³-hybridized carbons (Fsp3) is 0.139. The molecule has 0 saturated carbocycles. The molecule has 1 atom stereocenters. The van der Waals surface area contributed by atoms with Gasteiger partial charge in [-0.05, 0) is 84.8 Å². The summed E-state index contributed by atoms with van der Waals surface area (Å²) in [6.45, 7) is 2.39. The summed E-state index contributed by atoms with van der Waals surface area (Å²) in [6, 6.07) is 36.7. The fourth-order valence-electron chi connectivity index (χ4n) is 5.51. The van der Waals surface area contributed by atoms with Crippen molar-refractivity contribution in [2.75, 3.05) is 28.7 Å². The van der Waals surface area contributed by atoms with Crippen molar-refractivity contribution in [2.24, 2.45) is 0 Å². The molecule has 1 heterocycles. The maximum absolute atomic E-state index is 14.6. The molecule has 0 spiro atoms. The molecule has 1 aliphatic rings. The van der Waals surface area contributed by atoms with E-state index in [0.29, 0.717) is 35.1 Å². The third kappa shape index (κ3) is 6.07. The zero-order valence-electron chi connectivity index (χ0n) is 25.2. The number of ether oxygens (including phenoxy) is 2. The highest BCUT2D eigenvalue weighted by Crippen LogP contribution is 2.43. The Hall–Kier alpha value is -5.28. The Labute approximate surface area is 263 Å². The van der Waals surface area contributed by atoms with Gasteiger partial charge in [-0.1, -0.05) is 60.2 Å². The number of amides is 1. The number of rotatable bonds is 9. The first-order chi connectivity index (χ1) is 21.8. The van der Waals surface area contributed by atoms with Gasteiger partial charge in [-0.3, -0.25) is 14.4 Å². The van der Waals surface area contributed by atoms with Gasteiger partial charge in [0.05, 0.1) is 30.4 Å². The summed E-state index contributed by atoms with van der Waals surface area (Å²) in [4.78, 5) is 18.4. The van der Waals surface area contributed by atoms with Crippen LogP contribution >= 0.6 is 0 Å². The quantitative estimate of drug-likeness (QED) is 0.188. The molecule has 6 rings (SSSR count). The number of nitrogens with zero attached hydrogens (tertiary/aromatic N) is 2. The van der Waals surface area contributed by atoms with Crippen molar-refractivity contribution >= 4 is 33.0 Å². The summed E-state index contributed by atoms with van der Waals surface area (Å²) in [5.41, 5.74) is 4.89. The molecule has 9 heteroatoms. The summed E-state index contributed by atoms with van der Waals surface area (Å²) in [5.74, 6) is 1.02. The second kappa shape index (κ2) is 12.4. The van der Waals surface area contributed by atoms with Crippen molar-refractivity contribution < 1.29 is 22.7 Å². The Bertz CT molecular complexity index is 1910. The zero-order valence-corrected chi connectivity index (χ0v) is 26.0. The molecule has 0 fully saturated rings. The van der Waals surface area contributed by atoms with E-state index >= 15 is 0 Å². The van der Waals surface area contributed by atoms with Gasteiger partial charge < -0.3 is 14.4 Å². The van der Waals surface area contributed by atoms with Gasteiger partial charge in [0.2, 0.25) is 0 Å². The van der Waals surface area contributed by atoms with Crippen LogP contribution in [-0.4, -0.2) is 28.5 Å². The molecule has 0 radical (unpaired) electrons. The molecule has 5 aromatic rings. The molecular formula is C36H33N3O5S. The van der Waals surface area contributed by atoms with Crippen molar-refractivity contribution in [3.8, 4) is 11.5 Å². The van der Waals surface area contributed by atoms with Crippen LogP contribution in [0, 0.1) is 6.92 Å². The van der Waals surface area contributed by atoms with E-state index < -0.39 is 16.2 Å². The number of hydrogen-bond acceptors (Lipinski definition) is 6. The van der Waals surface area contributed by atoms with Crippen LogP contribution in [-0.2, 0) is 16.6 Å². The van der Waals surface area contributed by atoms with Gasteiger partial charge in [0, 0.05) is 17.9 Å². The lowest BCUT2D eigenvalue weighted by atomic mass is 9.99. The number of carbonyl (C=O) groups is 1. The highest BCUT2D eigenvalue weighted by molar-refractivity contribution is 7.92. The zero-order chi connectivity index (χ0) is 31.6. The second-order valence-corrected chi connectivity index (χ2v) is 12.5. The van der Waals surface area contributed by atoms with Gasteiger partial charge in [-0.15, -0.1) is 0 Å². The SMILES string of the molecule is COc1ccc([C@H]2N(Cc3ccccc3)c3ccc(S(=O)(=O)Nc4ccc(C)cc4)cc3C(=O)N2c2ccc(OC)cc2)cc1. The lowest BCUT2D eigenvalue weighted by Gasteiger charge is -2.46. The van der Waals surface area contributed by atoms with Crippen molar-refractivity contribution in [3.63, 3.8) is 0 Å². The largest absolute Gasteiger partial charge is 0.497 e. The topological polar surface area (TPSA) is 88.2 Å². The molecule has 0 bridgehead atoms. The number of methoxy groups -OCH3 is 2. The normalized spacial score (nSPS) is 14.6. The molecule has 5 aromatic carbocycles. The maximum atomic E-state index is 14.6. The molecule has 0 aromatic heterocycles. The molecule has 228 valence electrons. The van der Waals surface area contributed by atoms with Gasteiger partial charge in [-0.2, -0.15) is 0 Å². The second-order valence-electron chi connectivity index (χ2n) is 10.8. The molecule has 0 unspecified atom stereocenters. The summed E-state index contributed by atoms with van der Waals surface area (Å²) in [6.07, 6.45) is -0.558. The van der Waals surface area contributed by atoms with Crippen molar-refractivity contribution in [1.82, 2.24) is 0 Å². The van der Waals surface area contributed by atoms with Crippen molar-refractivity contribution in [2.45, 2.75) is 24.5 Å². The minimum Gasteiger partial charge on any atom is -0.497 e. The van der Waals surface area contributed by atoms with Crippen molar-refractivity contribution in [1.29, 1.82) is 0 Å². The van der Waals surface area contributed by atoms with Crippen LogP contribution < -0.4 is 24.0 Å². The first-order valence-electron chi connectivity index (χ1n) is 14.4. The van der Waals surface area contributed by atoms with Crippen LogP contribution in [0.3, 0.4) is 0 Å². The number of anilines is 3. The van der Waals surface area contributed by atoms with Crippen LogP contribution in [0.1, 0.15) is 33.2 Å². The van der Waals surface area contributed by atoms with Crippen molar-refractivity contribution in [3.05, 3.63) is 144 Å². The monoisotopic (exact) mass is 619 g/mol. The summed E-state index contributed by atoms with van der Waals surface area (Å²) in [5, 5.41) is 0. The molecular weight excluding hydrogens is 586 g/mol. The Morgan fingerprint density at radius 3 is 2.00 bits per heavy atom. The van der Waals surface area contributed by atoms with Gasteiger partial charge in [0.1, 0.15) is 17.7 Å². The van der Waals surface area contributed by atoms with E-state index in [1.54, 1.807) is 55.5 Å². The molecule has 1 amide bonds. The Morgan fingerprint density at radius 1 is 0.756 bits per heavy atom. The average molecular weight is 620 g/mol. The lowest BCUT2D eigenvalue weighted by molar-refractivity contribution is 0.0968. The number of sulfonamides is 1. The Kier molecular flexibility index (Phi) is 8.19. The highest BCUT2D eigenvalue weighted by atomic mass is 32.2. The van der Waals surface area contributed by atoms with Crippen LogP contribution in [0.25, 0.3) is 0 Å². The van der Waals surface area contributed by atoms with E-state index in [0.717, 1.165) is 16.7 Å².